The maximum Gasteiger partial charge on any atom is 0.240 e. The molecule has 0 aliphatic carbocycles. The predicted molar refractivity (Wildman–Crippen MR) is 93.2 cm³/mol. The molecule has 0 aromatic carbocycles. The average Bonchev–Trinajstić information content (AvgIpc) is 2.81. The summed E-state index contributed by atoms with van der Waals surface area (Å²) in [6.07, 6.45) is 2.11. The Balaban J connectivity index is 1.97. The van der Waals surface area contributed by atoms with Crippen LogP contribution in [0.3, 0.4) is 0 Å². The van der Waals surface area contributed by atoms with E-state index in [-0.39, 0.29) is 23.0 Å². The largest absolute Gasteiger partial charge is 0.342 e. The van der Waals surface area contributed by atoms with E-state index < -0.39 is 15.1 Å². The predicted octanol–water partition coefficient (Wildman–Crippen LogP) is 1.31. The highest BCUT2D eigenvalue weighted by Gasteiger charge is 2.46. The van der Waals surface area contributed by atoms with Crippen molar-refractivity contribution in [1.29, 1.82) is 0 Å². The molecular formula is C17H30N2O4S. The summed E-state index contributed by atoms with van der Waals surface area (Å²) in [5.74, 6) is 0.349. The Hall–Kier alpha value is -1.11. The maximum atomic E-state index is 12.5. The Morgan fingerprint density at radius 1 is 1.21 bits per heavy atom. The molecule has 1 atom stereocenters. The zero-order valence-electron chi connectivity index (χ0n) is 15.2. The van der Waals surface area contributed by atoms with Gasteiger partial charge in [-0.05, 0) is 25.7 Å². The van der Waals surface area contributed by atoms with E-state index in [4.69, 9.17) is 0 Å². The van der Waals surface area contributed by atoms with Crippen LogP contribution in [0.1, 0.15) is 47.0 Å². The molecule has 1 spiro atoms. The second-order valence-corrected chi connectivity index (χ2v) is 10.4. The fourth-order valence-electron chi connectivity index (χ4n) is 3.79. The average molecular weight is 359 g/mol. The van der Waals surface area contributed by atoms with Gasteiger partial charge in [0.2, 0.25) is 11.8 Å². The normalized spacial score (nSPS) is 22.5. The maximum absolute atomic E-state index is 12.5. The van der Waals surface area contributed by atoms with Crippen LogP contribution in [0.15, 0.2) is 0 Å². The van der Waals surface area contributed by atoms with Gasteiger partial charge in [-0.25, -0.2) is 8.42 Å². The first kappa shape index (κ1) is 19.2. The molecule has 24 heavy (non-hydrogen) atoms. The van der Waals surface area contributed by atoms with E-state index in [1.54, 1.807) is 11.8 Å². The number of carbonyl (C=O) groups excluding carboxylic acids is 2. The van der Waals surface area contributed by atoms with Gasteiger partial charge in [-0.15, -0.1) is 0 Å². The monoisotopic (exact) mass is 358 g/mol. The Labute approximate surface area is 145 Å². The van der Waals surface area contributed by atoms with Crippen LogP contribution in [-0.2, 0) is 19.4 Å². The first-order chi connectivity index (χ1) is 11.1. The first-order valence-electron chi connectivity index (χ1n) is 8.88. The summed E-state index contributed by atoms with van der Waals surface area (Å²) in [4.78, 5) is 28.3. The van der Waals surface area contributed by atoms with Crippen LogP contribution in [0.5, 0.6) is 0 Å². The number of rotatable bonds is 5. The van der Waals surface area contributed by atoms with E-state index in [1.165, 1.54) is 6.92 Å². The molecule has 2 amide bonds. The summed E-state index contributed by atoms with van der Waals surface area (Å²) in [5, 5.41) is -0.973. The fraction of sp³-hybridized carbons (Fsp3) is 0.882. The van der Waals surface area contributed by atoms with E-state index in [2.05, 4.69) is 13.8 Å². The number of hydrogen-bond acceptors (Lipinski definition) is 4. The van der Waals surface area contributed by atoms with E-state index in [9.17, 15) is 18.0 Å². The van der Waals surface area contributed by atoms with E-state index in [1.807, 2.05) is 4.90 Å². The molecule has 0 saturated carbocycles. The van der Waals surface area contributed by atoms with Gasteiger partial charge in [-0.2, -0.15) is 0 Å². The highest BCUT2D eigenvalue weighted by molar-refractivity contribution is 7.92. The lowest BCUT2D eigenvalue weighted by atomic mass is 9.77. The van der Waals surface area contributed by atoms with Crippen molar-refractivity contribution in [3.8, 4) is 0 Å². The number of amides is 2. The van der Waals surface area contributed by atoms with Crippen LogP contribution in [0.2, 0.25) is 0 Å². The molecule has 0 unspecified atom stereocenters. The molecule has 6 nitrogen and oxygen atoms in total. The lowest BCUT2D eigenvalue weighted by Crippen LogP contribution is -2.49. The highest BCUT2D eigenvalue weighted by Crippen LogP contribution is 2.41. The van der Waals surface area contributed by atoms with Crippen molar-refractivity contribution in [2.45, 2.75) is 52.2 Å². The molecule has 2 rings (SSSR count). The highest BCUT2D eigenvalue weighted by atomic mass is 32.2. The van der Waals surface area contributed by atoms with Crippen LogP contribution >= 0.6 is 0 Å². The quantitative estimate of drug-likeness (QED) is 0.742. The third-order valence-corrected chi connectivity index (χ3v) is 7.50. The van der Waals surface area contributed by atoms with Gasteiger partial charge in [0.1, 0.15) is 5.25 Å². The molecule has 7 heteroatoms. The fourth-order valence-corrected chi connectivity index (χ4v) is 4.74. The standard InChI is InChI=1S/C17H30N2O4S/c1-5-24(22,23)14(4)16(21)18-8-6-17(7-9-18)10-15(20)19(12-17)11-13(2)3/h13-14H,5-12H2,1-4H3/t14-/m0/s1. The minimum Gasteiger partial charge on any atom is -0.342 e. The number of carbonyl (C=O) groups is 2. The van der Waals surface area contributed by atoms with Crippen molar-refractivity contribution in [1.82, 2.24) is 9.80 Å². The molecule has 0 radical (unpaired) electrons. The van der Waals surface area contributed by atoms with Gasteiger partial charge in [0, 0.05) is 43.8 Å². The summed E-state index contributed by atoms with van der Waals surface area (Å²) in [7, 11) is -3.36. The molecule has 2 aliphatic rings. The number of hydrogen-bond donors (Lipinski definition) is 0. The molecule has 0 aromatic heterocycles. The molecule has 0 N–H and O–H groups in total. The van der Waals surface area contributed by atoms with E-state index >= 15 is 0 Å². The second kappa shape index (κ2) is 7.02. The van der Waals surface area contributed by atoms with Gasteiger partial charge in [0.15, 0.2) is 9.84 Å². The molecule has 0 aromatic rings. The number of sulfone groups is 1. The zero-order valence-corrected chi connectivity index (χ0v) is 16.1. The Kier molecular flexibility index (Phi) is 5.62. The third-order valence-electron chi connectivity index (χ3n) is 5.42. The lowest BCUT2D eigenvalue weighted by Gasteiger charge is -2.39. The lowest BCUT2D eigenvalue weighted by molar-refractivity contribution is -0.132. The van der Waals surface area contributed by atoms with Crippen LogP contribution in [0.4, 0.5) is 0 Å². The van der Waals surface area contributed by atoms with Crippen molar-refractivity contribution in [3.05, 3.63) is 0 Å². The number of likely N-dealkylation sites (tertiary alicyclic amines) is 2. The van der Waals surface area contributed by atoms with Crippen LogP contribution < -0.4 is 0 Å². The van der Waals surface area contributed by atoms with Crippen molar-refractivity contribution in [2.75, 3.05) is 31.9 Å². The molecule has 2 aliphatic heterocycles. The van der Waals surface area contributed by atoms with Gasteiger partial charge in [0.05, 0.1) is 0 Å². The number of piperidine rings is 1. The smallest absolute Gasteiger partial charge is 0.240 e. The van der Waals surface area contributed by atoms with Crippen molar-refractivity contribution < 1.29 is 18.0 Å². The van der Waals surface area contributed by atoms with Crippen LogP contribution in [0, 0.1) is 11.3 Å². The minimum absolute atomic E-state index is 0.0175. The Morgan fingerprint density at radius 3 is 2.29 bits per heavy atom. The van der Waals surface area contributed by atoms with Gasteiger partial charge in [0.25, 0.3) is 0 Å². The summed E-state index contributed by atoms with van der Waals surface area (Å²) in [5.41, 5.74) is -0.0321. The Morgan fingerprint density at radius 2 is 1.79 bits per heavy atom. The van der Waals surface area contributed by atoms with E-state index in [0.29, 0.717) is 25.4 Å². The minimum atomic E-state index is -3.36. The second-order valence-electron chi connectivity index (χ2n) is 7.76. The van der Waals surface area contributed by atoms with Crippen LogP contribution in [0.25, 0.3) is 0 Å². The Bertz CT molecular complexity index is 592. The molecule has 2 saturated heterocycles. The summed E-state index contributed by atoms with van der Waals surface area (Å²) in [6, 6.07) is 0. The third kappa shape index (κ3) is 3.92. The molecule has 2 heterocycles. The van der Waals surface area contributed by atoms with Gasteiger partial charge < -0.3 is 9.80 Å². The van der Waals surface area contributed by atoms with Gasteiger partial charge in [-0.1, -0.05) is 20.8 Å². The SMILES string of the molecule is CCS(=O)(=O)[C@@H](C)C(=O)N1CCC2(CC1)CC(=O)N(CC(C)C)C2. The van der Waals surface area contributed by atoms with Crippen molar-refractivity contribution in [3.63, 3.8) is 0 Å². The topological polar surface area (TPSA) is 74.8 Å². The molecular weight excluding hydrogens is 328 g/mol. The van der Waals surface area contributed by atoms with Gasteiger partial charge in [-0.3, -0.25) is 9.59 Å². The zero-order chi connectivity index (χ0) is 18.1. The van der Waals surface area contributed by atoms with Crippen molar-refractivity contribution in [2.24, 2.45) is 11.3 Å². The molecule has 138 valence electrons. The summed E-state index contributed by atoms with van der Waals surface area (Å²) < 4.78 is 23.8. The molecule has 2 fully saturated rings. The van der Waals surface area contributed by atoms with Gasteiger partial charge >= 0.3 is 0 Å². The van der Waals surface area contributed by atoms with E-state index in [0.717, 1.165) is 25.9 Å². The van der Waals surface area contributed by atoms with Crippen molar-refractivity contribution >= 4 is 21.7 Å². The summed E-state index contributed by atoms with van der Waals surface area (Å²) >= 11 is 0. The molecule has 0 bridgehead atoms. The summed E-state index contributed by atoms with van der Waals surface area (Å²) in [6.45, 7) is 9.91. The number of nitrogens with zero attached hydrogens (tertiary/aromatic N) is 2. The van der Waals surface area contributed by atoms with Crippen LogP contribution in [-0.4, -0.2) is 67.2 Å². The first-order valence-corrected chi connectivity index (χ1v) is 10.6.